The van der Waals surface area contributed by atoms with Crippen molar-refractivity contribution in [3.63, 3.8) is 0 Å². The zero-order valence-corrected chi connectivity index (χ0v) is 13.2. The van der Waals surface area contributed by atoms with Gasteiger partial charge in [0.05, 0.1) is 30.0 Å². The Balaban J connectivity index is 2.14. The third kappa shape index (κ3) is 1.58. The van der Waals surface area contributed by atoms with Gasteiger partial charge < -0.3 is 4.74 Å². The molecule has 5 heteroatoms. The van der Waals surface area contributed by atoms with Crippen molar-refractivity contribution in [3.05, 3.63) is 24.0 Å². The molecule has 5 nitrogen and oxygen atoms in total. The zero-order chi connectivity index (χ0) is 17.0. The van der Waals surface area contributed by atoms with Crippen LogP contribution in [-0.4, -0.2) is 5.60 Å². The minimum absolute atomic E-state index is 0.0310. The van der Waals surface area contributed by atoms with E-state index in [4.69, 9.17) is 4.74 Å². The number of allylic oxidation sites excluding steroid dienone is 4. The van der Waals surface area contributed by atoms with E-state index in [0.29, 0.717) is 0 Å². The number of fused-ring (bicyclic) bond motifs is 1. The maximum Gasteiger partial charge on any atom is 0.182 e. The van der Waals surface area contributed by atoms with Gasteiger partial charge >= 0.3 is 0 Å². The highest BCUT2D eigenvalue weighted by Gasteiger charge is 2.73. The summed E-state index contributed by atoms with van der Waals surface area (Å²) in [5.41, 5.74) is -3.68. The predicted octanol–water partition coefficient (Wildman–Crippen LogP) is 2.81. The van der Waals surface area contributed by atoms with Gasteiger partial charge in [0, 0.05) is 17.8 Å². The molecule has 4 aliphatic carbocycles. The van der Waals surface area contributed by atoms with E-state index < -0.39 is 22.7 Å². The highest BCUT2D eigenvalue weighted by atomic mass is 16.5. The second-order valence-corrected chi connectivity index (χ2v) is 7.39. The largest absolute Gasteiger partial charge is 0.492 e. The molecule has 1 fully saturated rings. The Morgan fingerprint density at radius 1 is 0.913 bits per heavy atom. The summed E-state index contributed by atoms with van der Waals surface area (Å²) >= 11 is 0. The maximum absolute atomic E-state index is 9.74. The van der Waals surface area contributed by atoms with Crippen molar-refractivity contribution in [1.29, 1.82) is 21.0 Å². The third-order valence-corrected chi connectivity index (χ3v) is 5.18. The molecule has 0 spiro atoms. The fraction of sp³-hybridized carbons (Fsp3) is 0.556. The molecule has 0 amide bonds. The summed E-state index contributed by atoms with van der Waals surface area (Å²) in [6.45, 7) is 5.82. The molecule has 0 heterocycles. The zero-order valence-electron chi connectivity index (χ0n) is 13.2. The van der Waals surface area contributed by atoms with Crippen LogP contribution in [0.3, 0.4) is 0 Å². The van der Waals surface area contributed by atoms with Crippen LogP contribution < -0.4 is 0 Å². The Morgan fingerprint density at radius 3 is 1.87 bits per heavy atom. The molecule has 0 aliphatic heterocycles. The topological polar surface area (TPSA) is 104 Å². The fourth-order valence-electron chi connectivity index (χ4n) is 4.24. The molecule has 0 aromatic rings. The van der Waals surface area contributed by atoms with Crippen LogP contribution in [0.15, 0.2) is 24.0 Å². The Morgan fingerprint density at radius 2 is 1.39 bits per heavy atom. The first-order valence-corrected chi connectivity index (χ1v) is 7.54. The lowest BCUT2D eigenvalue weighted by Gasteiger charge is -2.59. The average Bonchev–Trinajstić information content (AvgIpc) is 2.50. The monoisotopic (exact) mass is 304 g/mol. The highest BCUT2D eigenvalue weighted by molar-refractivity contribution is 5.49. The normalized spacial score (nSPS) is 34.5. The molecular formula is C18H16N4O. The molecular weight excluding hydrogens is 288 g/mol. The standard InChI is InChI=1S/C18H16N4O/c1-16(2,3)23-14-6-11-12-4-5-13(15(11)14)18(9-21,10-22)17(12,7-19)8-20/h4-6,11-13,15H,1-3H3/t11-,12+,13+,15-/m0/s1. The van der Waals surface area contributed by atoms with Crippen molar-refractivity contribution in [2.24, 2.45) is 34.5 Å². The van der Waals surface area contributed by atoms with Gasteiger partial charge in [0.1, 0.15) is 5.60 Å². The van der Waals surface area contributed by atoms with Gasteiger partial charge in [-0.25, -0.2) is 0 Å². The summed E-state index contributed by atoms with van der Waals surface area (Å²) in [6, 6.07) is 8.06. The van der Waals surface area contributed by atoms with Crippen molar-refractivity contribution in [2.75, 3.05) is 0 Å². The summed E-state index contributed by atoms with van der Waals surface area (Å²) in [4.78, 5) is 0. The number of nitriles is 4. The van der Waals surface area contributed by atoms with Crippen LogP contribution in [0.25, 0.3) is 0 Å². The number of ether oxygens (including phenoxy) is 1. The van der Waals surface area contributed by atoms with E-state index in [1.165, 1.54) is 0 Å². The summed E-state index contributed by atoms with van der Waals surface area (Å²) in [6.07, 6.45) is 5.60. The lowest BCUT2D eigenvalue weighted by Crippen LogP contribution is -2.63. The van der Waals surface area contributed by atoms with Crippen molar-refractivity contribution >= 4 is 0 Å². The van der Waals surface area contributed by atoms with Crippen LogP contribution in [0, 0.1) is 79.8 Å². The van der Waals surface area contributed by atoms with E-state index in [2.05, 4.69) is 0 Å². The molecule has 4 atom stereocenters. The minimum atomic E-state index is -1.67. The molecule has 0 aromatic heterocycles. The van der Waals surface area contributed by atoms with E-state index in [0.717, 1.165) is 5.76 Å². The van der Waals surface area contributed by atoms with Crippen molar-refractivity contribution in [1.82, 2.24) is 0 Å². The van der Waals surface area contributed by atoms with Gasteiger partial charge in [-0.3, -0.25) is 0 Å². The van der Waals surface area contributed by atoms with Gasteiger partial charge in [-0.15, -0.1) is 0 Å². The predicted molar refractivity (Wildman–Crippen MR) is 79.3 cm³/mol. The van der Waals surface area contributed by atoms with Crippen LogP contribution in [0.5, 0.6) is 0 Å². The Labute approximate surface area is 135 Å². The van der Waals surface area contributed by atoms with Crippen molar-refractivity contribution in [3.8, 4) is 24.3 Å². The van der Waals surface area contributed by atoms with E-state index in [1.807, 2.05) is 63.3 Å². The number of hydrogen-bond acceptors (Lipinski definition) is 5. The molecule has 0 unspecified atom stereocenters. The molecule has 114 valence electrons. The van der Waals surface area contributed by atoms with E-state index in [-0.39, 0.29) is 17.4 Å². The molecule has 4 aliphatic rings. The quantitative estimate of drug-likeness (QED) is 0.693. The lowest BCUT2D eigenvalue weighted by molar-refractivity contribution is -0.0644. The van der Waals surface area contributed by atoms with Gasteiger partial charge in [-0.2, -0.15) is 21.0 Å². The number of rotatable bonds is 1. The number of hydrogen-bond donors (Lipinski definition) is 0. The summed E-state index contributed by atoms with van der Waals surface area (Å²) in [5.74, 6) is -0.343. The van der Waals surface area contributed by atoms with E-state index in [9.17, 15) is 21.0 Å². The first kappa shape index (κ1) is 15.1. The molecule has 4 rings (SSSR count). The molecule has 23 heavy (non-hydrogen) atoms. The molecule has 0 N–H and O–H groups in total. The first-order chi connectivity index (χ1) is 10.8. The summed E-state index contributed by atoms with van der Waals surface area (Å²) in [5, 5.41) is 38.8. The van der Waals surface area contributed by atoms with Crippen LogP contribution in [0.2, 0.25) is 0 Å². The molecule has 0 radical (unpaired) electrons. The smallest absolute Gasteiger partial charge is 0.182 e. The minimum Gasteiger partial charge on any atom is -0.492 e. The van der Waals surface area contributed by atoms with Crippen LogP contribution in [0.1, 0.15) is 20.8 Å². The molecule has 0 aromatic carbocycles. The Bertz CT molecular complexity index is 759. The molecule has 2 bridgehead atoms. The van der Waals surface area contributed by atoms with Gasteiger partial charge in [0.15, 0.2) is 10.8 Å². The second-order valence-electron chi connectivity index (χ2n) is 7.39. The first-order valence-electron chi connectivity index (χ1n) is 7.54. The van der Waals surface area contributed by atoms with Gasteiger partial charge in [0.2, 0.25) is 0 Å². The Kier molecular flexibility index (Phi) is 2.88. The van der Waals surface area contributed by atoms with E-state index >= 15 is 0 Å². The summed E-state index contributed by atoms with van der Waals surface area (Å²) in [7, 11) is 0. The molecule has 1 saturated carbocycles. The van der Waals surface area contributed by atoms with Crippen molar-refractivity contribution in [2.45, 2.75) is 26.4 Å². The second kappa shape index (κ2) is 4.38. The van der Waals surface area contributed by atoms with Gasteiger partial charge in [0.25, 0.3) is 0 Å². The molecule has 0 saturated heterocycles. The number of nitrogens with zero attached hydrogens (tertiary/aromatic N) is 4. The van der Waals surface area contributed by atoms with Gasteiger partial charge in [-0.05, 0) is 32.8 Å². The van der Waals surface area contributed by atoms with Crippen LogP contribution in [-0.2, 0) is 4.74 Å². The third-order valence-electron chi connectivity index (χ3n) is 5.18. The van der Waals surface area contributed by atoms with Gasteiger partial charge in [-0.1, -0.05) is 12.2 Å². The van der Waals surface area contributed by atoms with Crippen LogP contribution >= 0.6 is 0 Å². The SMILES string of the molecule is CC(C)(C)OC1=C[C@@H]2[C@H]1[C@H]1C=C[C@H]2C(C#N)(C#N)C1(C#N)C#N. The van der Waals surface area contributed by atoms with Crippen LogP contribution in [0.4, 0.5) is 0 Å². The fourth-order valence-corrected chi connectivity index (χ4v) is 4.24. The lowest BCUT2D eigenvalue weighted by atomic mass is 9.38. The van der Waals surface area contributed by atoms with Crippen molar-refractivity contribution < 1.29 is 4.74 Å². The Hall–Kier alpha value is -2.76. The average molecular weight is 304 g/mol. The van der Waals surface area contributed by atoms with E-state index in [1.54, 1.807) is 0 Å². The summed E-state index contributed by atoms with van der Waals surface area (Å²) < 4.78 is 5.96. The highest BCUT2D eigenvalue weighted by Crippen LogP contribution is 2.68. The maximum atomic E-state index is 9.74.